The molecule has 0 unspecified atom stereocenters. The van der Waals surface area contributed by atoms with Crippen LogP contribution in [0.4, 0.5) is 4.39 Å². The fourth-order valence-electron chi connectivity index (χ4n) is 3.38. The molecule has 0 radical (unpaired) electrons. The van der Waals surface area contributed by atoms with Gasteiger partial charge in [-0.2, -0.15) is 0 Å². The minimum atomic E-state index is -0.494. The summed E-state index contributed by atoms with van der Waals surface area (Å²) in [7, 11) is 0. The molecule has 0 amide bonds. The van der Waals surface area contributed by atoms with E-state index in [9.17, 15) is 9.18 Å². The standard InChI is InChI=1S/C26H25FO3/c1-3-26(29)30-17-22-15-18(2)6-12-23(22)21-11-13-24(25(27)16-21)20-9-7-19(8-10-20)5-4-14-28/h3,6-13,15-16,28H,1,4-5,14,17H2,2H3. The van der Waals surface area contributed by atoms with Crippen LogP contribution in [-0.4, -0.2) is 17.7 Å². The molecule has 0 fully saturated rings. The summed E-state index contributed by atoms with van der Waals surface area (Å²) in [5.74, 6) is -0.809. The van der Waals surface area contributed by atoms with Crippen molar-refractivity contribution in [1.29, 1.82) is 0 Å². The first-order valence-electron chi connectivity index (χ1n) is 9.90. The first kappa shape index (κ1) is 21.5. The van der Waals surface area contributed by atoms with Crippen LogP contribution in [0.5, 0.6) is 0 Å². The van der Waals surface area contributed by atoms with Gasteiger partial charge in [0.2, 0.25) is 0 Å². The normalized spacial score (nSPS) is 10.6. The summed E-state index contributed by atoms with van der Waals surface area (Å²) >= 11 is 0. The molecule has 0 aliphatic carbocycles. The van der Waals surface area contributed by atoms with Gasteiger partial charge >= 0.3 is 5.97 Å². The minimum absolute atomic E-state index is 0.0978. The molecule has 4 heteroatoms. The lowest BCUT2D eigenvalue weighted by molar-refractivity contribution is -0.138. The van der Waals surface area contributed by atoms with Crippen LogP contribution in [0, 0.1) is 12.7 Å². The van der Waals surface area contributed by atoms with Crippen LogP contribution >= 0.6 is 0 Å². The molecule has 3 aromatic carbocycles. The number of aliphatic hydroxyl groups is 1. The van der Waals surface area contributed by atoms with E-state index in [-0.39, 0.29) is 19.0 Å². The van der Waals surface area contributed by atoms with E-state index in [1.165, 1.54) is 6.07 Å². The summed E-state index contributed by atoms with van der Waals surface area (Å²) in [4.78, 5) is 11.4. The predicted octanol–water partition coefficient (Wildman–Crippen LogP) is 5.62. The smallest absolute Gasteiger partial charge is 0.330 e. The molecule has 0 saturated heterocycles. The van der Waals surface area contributed by atoms with Crippen LogP contribution < -0.4 is 0 Å². The fourth-order valence-corrected chi connectivity index (χ4v) is 3.38. The van der Waals surface area contributed by atoms with Crippen LogP contribution in [0.2, 0.25) is 0 Å². The number of hydrogen-bond donors (Lipinski definition) is 1. The number of halogens is 1. The largest absolute Gasteiger partial charge is 0.458 e. The SMILES string of the molecule is C=CC(=O)OCc1cc(C)ccc1-c1ccc(-c2ccc(CCCO)cc2)c(F)c1. The highest BCUT2D eigenvalue weighted by Gasteiger charge is 2.12. The highest BCUT2D eigenvalue weighted by atomic mass is 19.1. The zero-order valence-electron chi connectivity index (χ0n) is 17.0. The third-order valence-electron chi connectivity index (χ3n) is 4.97. The second-order valence-electron chi connectivity index (χ2n) is 7.19. The van der Waals surface area contributed by atoms with Gasteiger partial charge in [-0.3, -0.25) is 0 Å². The number of aryl methyl sites for hydroxylation is 2. The van der Waals surface area contributed by atoms with Crippen molar-refractivity contribution in [1.82, 2.24) is 0 Å². The van der Waals surface area contributed by atoms with Crippen molar-refractivity contribution in [3.63, 3.8) is 0 Å². The van der Waals surface area contributed by atoms with Crippen LogP contribution in [-0.2, 0) is 22.6 Å². The zero-order chi connectivity index (χ0) is 21.5. The molecule has 154 valence electrons. The minimum Gasteiger partial charge on any atom is -0.458 e. The Labute approximate surface area is 176 Å². The van der Waals surface area contributed by atoms with E-state index in [1.54, 1.807) is 6.07 Å². The monoisotopic (exact) mass is 404 g/mol. The van der Waals surface area contributed by atoms with E-state index < -0.39 is 5.97 Å². The highest BCUT2D eigenvalue weighted by molar-refractivity contribution is 5.81. The molecular weight excluding hydrogens is 379 g/mol. The van der Waals surface area contributed by atoms with Gasteiger partial charge in [-0.25, -0.2) is 9.18 Å². The predicted molar refractivity (Wildman–Crippen MR) is 117 cm³/mol. The Hall–Kier alpha value is -3.24. The summed E-state index contributed by atoms with van der Waals surface area (Å²) in [5, 5.41) is 8.95. The number of esters is 1. The molecule has 0 aliphatic rings. The molecule has 30 heavy (non-hydrogen) atoms. The molecule has 3 rings (SSSR count). The Bertz CT molecular complexity index is 1040. The summed E-state index contributed by atoms with van der Waals surface area (Å²) < 4.78 is 20.2. The van der Waals surface area contributed by atoms with E-state index in [0.717, 1.165) is 45.9 Å². The van der Waals surface area contributed by atoms with Crippen molar-refractivity contribution < 1.29 is 19.0 Å². The molecule has 0 aliphatic heterocycles. The Morgan fingerprint density at radius 2 is 1.73 bits per heavy atom. The van der Waals surface area contributed by atoms with Crippen molar-refractivity contribution in [2.24, 2.45) is 0 Å². The lowest BCUT2D eigenvalue weighted by atomic mass is 9.95. The molecule has 0 atom stereocenters. The van der Waals surface area contributed by atoms with Gasteiger partial charge in [-0.05, 0) is 53.6 Å². The molecule has 3 nitrogen and oxygen atoms in total. The summed E-state index contributed by atoms with van der Waals surface area (Å²) in [6.45, 7) is 5.62. The number of ether oxygens (including phenoxy) is 1. The first-order valence-corrected chi connectivity index (χ1v) is 9.90. The van der Waals surface area contributed by atoms with Gasteiger partial charge in [0.15, 0.2) is 0 Å². The molecule has 3 aromatic rings. The number of hydrogen-bond acceptors (Lipinski definition) is 3. The second kappa shape index (κ2) is 9.99. The molecule has 0 heterocycles. The lowest BCUT2D eigenvalue weighted by Crippen LogP contribution is -2.02. The van der Waals surface area contributed by atoms with Crippen molar-refractivity contribution in [3.8, 4) is 22.3 Å². The number of benzene rings is 3. The van der Waals surface area contributed by atoms with Crippen molar-refractivity contribution in [2.45, 2.75) is 26.4 Å². The quantitative estimate of drug-likeness (QED) is 0.391. The Balaban J connectivity index is 1.88. The van der Waals surface area contributed by atoms with Crippen molar-refractivity contribution in [3.05, 3.63) is 95.8 Å². The van der Waals surface area contributed by atoms with E-state index in [1.807, 2.05) is 55.5 Å². The van der Waals surface area contributed by atoms with Gasteiger partial charge in [-0.1, -0.05) is 66.7 Å². The van der Waals surface area contributed by atoms with Gasteiger partial charge in [0.1, 0.15) is 12.4 Å². The molecule has 0 saturated carbocycles. The summed E-state index contributed by atoms with van der Waals surface area (Å²) in [6, 6.07) is 18.7. The highest BCUT2D eigenvalue weighted by Crippen LogP contribution is 2.31. The average Bonchev–Trinajstić information content (AvgIpc) is 2.76. The Morgan fingerprint density at radius 1 is 1.03 bits per heavy atom. The van der Waals surface area contributed by atoms with Crippen LogP contribution in [0.25, 0.3) is 22.3 Å². The summed E-state index contributed by atoms with van der Waals surface area (Å²) in [6.07, 6.45) is 2.63. The number of aliphatic hydroxyl groups excluding tert-OH is 1. The zero-order valence-corrected chi connectivity index (χ0v) is 17.0. The van der Waals surface area contributed by atoms with E-state index in [2.05, 4.69) is 6.58 Å². The number of carbonyl (C=O) groups is 1. The first-order chi connectivity index (χ1) is 14.5. The fraction of sp³-hybridized carbons (Fsp3) is 0.192. The second-order valence-corrected chi connectivity index (χ2v) is 7.19. The molecule has 0 spiro atoms. The van der Waals surface area contributed by atoms with Crippen LogP contribution in [0.1, 0.15) is 23.1 Å². The Kier molecular flexibility index (Phi) is 7.15. The maximum absolute atomic E-state index is 15.0. The van der Waals surface area contributed by atoms with E-state index >= 15 is 0 Å². The molecule has 0 aromatic heterocycles. The van der Waals surface area contributed by atoms with Gasteiger partial charge < -0.3 is 9.84 Å². The average molecular weight is 404 g/mol. The maximum Gasteiger partial charge on any atom is 0.330 e. The van der Waals surface area contributed by atoms with Gasteiger partial charge in [-0.15, -0.1) is 0 Å². The van der Waals surface area contributed by atoms with Gasteiger partial charge in [0, 0.05) is 18.2 Å². The number of carbonyl (C=O) groups excluding carboxylic acids is 1. The lowest BCUT2D eigenvalue weighted by Gasteiger charge is -2.13. The topological polar surface area (TPSA) is 46.5 Å². The van der Waals surface area contributed by atoms with Crippen LogP contribution in [0.15, 0.2) is 73.3 Å². The van der Waals surface area contributed by atoms with E-state index in [4.69, 9.17) is 9.84 Å². The molecule has 1 N–H and O–H groups in total. The Morgan fingerprint density at radius 3 is 2.40 bits per heavy atom. The van der Waals surface area contributed by atoms with Gasteiger partial charge in [0.25, 0.3) is 0 Å². The molecular formula is C26H25FO3. The third kappa shape index (κ3) is 5.22. The van der Waals surface area contributed by atoms with Crippen molar-refractivity contribution >= 4 is 5.97 Å². The molecule has 0 bridgehead atoms. The van der Waals surface area contributed by atoms with Crippen LogP contribution in [0.3, 0.4) is 0 Å². The van der Waals surface area contributed by atoms with Crippen molar-refractivity contribution in [2.75, 3.05) is 6.61 Å². The van der Waals surface area contributed by atoms with Gasteiger partial charge in [0.05, 0.1) is 0 Å². The maximum atomic E-state index is 15.0. The number of rotatable bonds is 8. The third-order valence-corrected chi connectivity index (χ3v) is 4.97. The summed E-state index contributed by atoms with van der Waals surface area (Å²) in [5.41, 5.74) is 5.83. The van der Waals surface area contributed by atoms with E-state index in [0.29, 0.717) is 12.0 Å².